The Morgan fingerprint density at radius 1 is 1.30 bits per heavy atom. The number of amides is 1. The normalized spacial score (nSPS) is 16.9. The largest absolute Gasteiger partial charge is 0.481 e. The number of anilines is 1. The van der Waals surface area contributed by atoms with E-state index in [4.69, 9.17) is 22.4 Å². The first-order valence-electron chi connectivity index (χ1n) is 6.51. The summed E-state index contributed by atoms with van der Waals surface area (Å²) >= 11 is 5.88. The number of carbonyl (C=O) groups excluding carboxylic acids is 1. The summed E-state index contributed by atoms with van der Waals surface area (Å²) in [7, 11) is 0. The molecule has 1 aromatic carbocycles. The molecule has 0 atom stereocenters. The van der Waals surface area contributed by atoms with Crippen LogP contribution in [0.5, 0.6) is 0 Å². The smallest absolute Gasteiger partial charge is 0.305 e. The molecular weight excluding hydrogens is 280 g/mol. The molecule has 6 heteroatoms. The van der Waals surface area contributed by atoms with E-state index < -0.39 is 11.5 Å². The quantitative estimate of drug-likeness (QED) is 0.744. The minimum atomic E-state index is -0.905. The maximum absolute atomic E-state index is 12.3. The molecule has 0 aliphatic heterocycles. The summed E-state index contributed by atoms with van der Waals surface area (Å²) in [6.07, 6.45) is 3.15. The van der Waals surface area contributed by atoms with Crippen molar-refractivity contribution in [3.8, 4) is 0 Å². The van der Waals surface area contributed by atoms with Crippen molar-refractivity contribution in [2.75, 3.05) is 5.73 Å². The third-order valence-corrected chi connectivity index (χ3v) is 3.83. The molecule has 5 nitrogen and oxygen atoms in total. The van der Waals surface area contributed by atoms with Crippen LogP contribution in [0.2, 0.25) is 5.02 Å². The van der Waals surface area contributed by atoms with E-state index in [2.05, 4.69) is 5.32 Å². The Hall–Kier alpha value is -1.75. The summed E-state index contributed by atoms with van der Waals surface area (Å²) in [5, 5.41) is 12.3. The number of nitrogens with one attached hydrogen (secondary N) is 1. The molecule has 1 fully saturated rings. The molecule has 0 saturated heterocycles. The predicted octanol–water partition coefficient (Wildman–Crippen LogP) is 2.44. The fraction of sp³-hybridized carbons (Fsp3) is 0.429. The molecule has 1 aromatic rings. The minimum Gasteiger partial charge on any atom is -0.481 e. The van der Waals surface area contributed by atoms with Gasteiger partial charge in [0.1, 0.15) is 0 Å². The van der Waals surface area contributed by atoms with Crippen molar-refractivity contribution < 1.29 is 14.7 Å². The van der Waals surface area contributed by atoms with Crippen LogP contribution >= 0.6 is 11.6 Å². The van der Waals surface area contributed by atoms with E-state index in [9.17, 15) is 9.59 Å². The second-order valence-corrected chi connectivity index (χ2v) is 5.72. The van der Waals surface area contributed by atoms with Gasteiger partial charge < -0.3 is 16.2 Å². The summed E-state index contributed by atoms with van der Waals surface area (Å²) in [4.78, 5) is 23.3. The van der Waals surface area contributed by atoms with Crippen LogP contribution in [0, 0.1) is 0 Å². The highest BCUT2D eigenvalue weighted by molar-refractivity contribution is 6.31. The number of carbonyl (C=O) groups is 2. The van der Waals surface area contributed by atoms with Gasteiger partial charge in [-0.15, -0.1) is 0 Å². The van der Waals surface area contributed by atoms with Crippen LogP contribution in [0.4, 0.5) is 5.69 Å². The lowest BCUT2D eigenvalue weighted by molar-refractivity contribution is -0.138. The monoisotopic (exact) mass is 296 g/mol. The van der Waals surface area contributed by atoms with Gasteiger partial charge >= 0.3 is 5.97 Å². The number of carboxylic acids is 1. The first kappa shape index (κ1) is 14.7. The zero-order valence-corrected chi connectivity index (χ0v) is 11.7. The lowest BCUT2D eigenvalue weighted by atomic mass is 9.92. The lowest BCUT2D eigenvalue weighted by Crippen LogP contribution is -2.47. The number of hydrogen-bond acceptors (Lipinski definition) is 3. The zero-order valence-electron chi connectivity index (χ0n) is 11.0. The Morgan fingerprint density at radius 2 is 1.95 bits per heavy atom. The molecule has 1 saturated carbocycles. The van der Waals surface area contributed by atoms with Crippen LogP contribution < -0.4 is 11.1 Å². The summed E-state index contributed by atoms with van der Waals surface area (Å²) in [5.74, 6) is -1.24. The van der Waals surface area contributed by atoms with Crippen LogP contribution in [-0.4, -0.2) is 22.5 Å². The fourth-order valence-corrected chi connectivity index (χ4v) is 2.99. The number of nitrogen functional groups attached to an aromatic ring is 1. The summed E-state index contributed by atoms with van der Waals surface area (Å²) in [6.45, 7) is 0. The second-order valence-electron chi connectivity index (χ2n) is 5.29. The Bertz CT molecular complexity index is 519. The molecule has 1 aliphatic rings. The maximum Gasteiger partial charge on any atom is 0.305 e. The number of hydrogen-bond donors (Lipinski definition) is 3. The molecular formula is C14H17ClN2O3. The van der Waals surface area contributed by atoms with Gasteiger partial charge in [0, 0.05) is 16.3 Å². The number of nitrogens with two attached hydrogens (primary N) is 1. The van der Waals surface area contributed by atoms with Gasteiger partial charge in [-0.25, -0.2) is 0 Å². The van der Waals surface area contributed by atoms with Gasteiger partial charge in [0.25, 0.3) is 5.91 Å². The van der Waals surface area contributed by atoms with Gasteiger partial charge in [-0.3, -0.25) is 9.59 Å². The first-order chi connectivity index (χ1) is 9.40. The summed E-state index contributed by atoms with van der Waals surface area (Å²) < 4.78 is 0. The van der Waals surface area contributed by atoms with E-state index in [1.165, 1.54) is 12.1 Å². The Kier molecular flexibility index (Phi) is 4.18. The van der Waals surface area contributed by atoms with Crippen molar-refractivity contribution in [1.29, 1.82) is 0 Å². The van der Waals surface area contributed by atoms with Crippen molar-refractivity contribution in [2.24, 2.45) is 0 Å². The molecule has 1 aliphatic carbocycles. The van der Waals surface area contributed by atoms with E-state index in [1.807, 2.05) is 0 Å². The molecule has 0 radical (unpaired) electrons. The summed E-state index contributed by atoms with van der Waals surface area (Å²) in [5.41, 5.74) is 5.77. The van der Waals surface area contributed by atoms with E-state index in [0.29, 0.717) is 29.1 Å². The molecule has 108 valence electrons. The van der Waals surface area contributed by atoms with Gasteiger partial charge in [-0.2, -0.15) is 0 Å². The van der Waals surface area contributed by atoms with Crippen LogP contribution in [0.25, 0.3) is 0 Å². The van der Waals surface area contributed by atoms with Gasteiger partial charge in [0.2, 0.25) is 0 Å². The van der Waals surface area contributed by atoms with Gasteiger partial charge in [0.15, 0.2) is 0 Å². The van der Waals surface area contributed by atoms with Gasteiger partial charge in [-0.05, 0) is 31.0 Å². The van der Waals surface area contributed by atoms with E-state index in [-0.39, 0.29) is 12.3 Å². The molecule has 20 heavy (non-hydrogen) atoms. The highest BCUT2D eigenvalue weighted by atomic mass is 35.5. The number of benzene rings is 1. The standard InChI is InChI=1S/C14H17ClN2O3/c15-10-5-9(6-11(16)7-10)13(20)17-14(8-12(18)19)3-1-2-4-14/h5-7H,1-4,8,16H2,(H,17,20)(H,18,19). The summed E-state index contributed by atoms with van der Waals surface area (Å²) in [6, 6.07) is 4.61. The molecule has 0 bridgehead atoms. The minimum absolute atomic E-state index is 0.0607. The van der Waals surface area contributed by atoms with Crippen molar-refractivity contribution >= 4 is 29.2 Å². The van der Waals surface area contributed by atoms with Gasteiger partial charge in [0.05, 0.1) is 12.0 Å². The lowest BCUT2D eigenvalue weighted by Gasteiger charge is -2.28. The number of carboxylic acid groups (broad SMARTS) is 1. The number of rotatable bonds is 4. The van der Waals surface area contributed by atoms with Crippen LogP contribution in [0.1, 0.15) is 42.5 Å². The molecule has 0 heterocycles. The number of aliphatic carboxylic acids is 1. The Labute approximate surface area is 122 Å². The molecule has 0 spiro atoms. The zero-order chi connectivity index (χ0) is 14.8. The second kappa shape index (κ2) is 5.71. The van der Waals surface area contributed by atoms with Crippen LogP contribution in [-0.2, 0) is 4.79 Å². The van der Waals surface area contributed by atoms with Gasteiger partial charge in [-0.1, -0.05) is 24.4 Å². The molecule has 0 aromatic heterocycles. The van der Waals surface area contributed by atoms with Crippen LogP contribution in [0.15, 0.2) is 18.2 Å². The molecule has 4 N–H and O–H groups in total. The SMILES string of the molecule is Nc1cc(Cl)cc(C(=O)NC2(CC(=O)O)CCCC2)c1. The molecule has 0 unspecified atom stereocenters. The first-order valence-corrected chi connectivity index (χ1v) is 6.88. The highest BCUT2D eigenvalue weighted by Crippen LogP contribution is 2.33. The molecule has 1 amide bonds. The van der Waals surface area contributed by atoms with Crippen molar-refractivity contribution in [2.45, 2.75) is 37.6 Å². The van der Waals surface area contributed by atoms with Crippen molar-refractivity contribution in [3.05, 3.63) is 28.8 Å². The van der Waals surface area contributed by atoms with E-state index in [1.54, 1.807) is 6.07 Å². The average molecular weight is 297 g/mol. The highest BCUT2D eigenvalue weighted by Gasteiger charge is 2.37. The van der Waals surface area contributed by atoms with E-state index >= 15 is 0 Å². The van der Waals surface area contributed by atoms with Crippen LogP contribution in [0.3, 0.4) is 0 Å². The molecule has 2 rings (SSSR count). The van der Waals surface area contributed by atoms with E-state index in [0.717, 1.165) is 12.8 Å². The fourth-order valence-electron chi connectivity index (χ4n) is 2.74. The van der Waals surface area contributed by atoms with Crippen molar-refractivity contribution in [1.82, 2.24) is 5.32 Å². The third kappa shape index (κ3) is 3.42. The average Bonchev–Trinajstić information content (AvgIpc) is 2.74. The third-order valence-electron chi connectivity index (χ3n) is 3.61. The Morgan fingerprint density at radius 3 is 2.50 bits per heavy atom. The predicted molar refractivity (Wildman–Crippen MR) is 76.8 cm³/mol. The Balaban J connectivity index is 2.18. The number of halogens is 1. The topological polar surface area (TPSA) is 92.4 Å². The maximum atomic E-state index is 12.3. The van der Waals surface area contributed by atoms with Crippen molar-refractivity contribution in [3.63, 3.8) is 0 Å².